The minimum atomic E-state index is -4.41. The number of halogens is 3. The molecule has 0 saturated carbocycles. The van der Waals surface area contributed by atoms with Crippen LogP contribution in [-0.4, -0.2) is 31.8 Å². The summed E-state index contributed by atoms with van der Waals surface area (Å²) in [6.07, 6.45) is -0.337. The lowest BCUT2D eigenvalue weighted by Gasteiger charge is -2.17. The van der Waals surface area contributed by atoms with Crippen LogP contribution in [0.1, 0.15) is 28.7 Å². The SMILES string of the molecule is Cc1nc([C@@H](CNC(=S)Nc2cccc(C(F)(F)F)c2)Cc2ccncc2)n[nH]1. The van der Waals surface area contributed by atoms with E-state index in [0.29, 0.717) is 24.6 Å². The Morgan fingerprint density at radius 3 is 2.62 bits per heavy atom. The number of rotatable bonds is 6. The van der Waals surface area contributed by atoms with E-state index in [2.05, 4.69) is 30.8 Å². The molecule has 0 aliphatic rings. The summed E-state index contributed by atoms with van der Waals surface area (Å²) in [6, 6.07) is 8.70. The van der Waals surface area contributed by atoms with Crippen molar-refractivity contribution in [2.24, 2.45) is 0 Å². The van der Waals surface area contributed by atoms with Gasteiger partial charge in [-0.3, -0.25) is 10.1 Å². The first-order valence-electron chi connectivity index (χ1n) is 8.81. The standard InChI is InChI=1S/C19H19F3N6S/c1-12-25-17(28-27-12)14(9-13-5-7-23-8-6-13)11-24-18(29)26-16-4-2-3-15(10-16)19(20,21)22/h2-8,10,14H,9,11H2,1H3,(H2,24,26,29)(H,25,27,28)/t14-/m1/s1. The summed E-state index contributed by atoms with van der Waals surface area (Å²) in [5, 5.41) is 13.1. The van der Waals surface area contributed by atoms with Crippen LogP contribution in [0.4, 0.5) is 18.9 Å². The van der Waals surface area contributed by atoms with Crippen LogP contribution in [0, 0.1) is 6.92 Å². The van der Waals surface area contributed by atoms with Gasteiger partial charge in [-0.15, -0.1) is 0 Å². The third kappa shape index (κ3) is 5.98. The molecule has 2 heterocycles. The monoisotopic (exact) mass is 420 g/mol. The predicted octanol–water partition coefficient (Wildman–Crippen LogP) is 3.84. The fourth-order valence-corrected chi connectivity index (χ4v) is 2.97. The predicted molar refractivity (Wildman–Crippen MR) is 107 cm³/mol. The van der Waals surface area contributed by atoms with Crippen LogP contribution >= 0.6 is 12.2 Å². The first-order chi connectivity index (χ1) is 13.8. The van der Waals surface area contributed by atoms with Crippen molar-refractivity contribution in [1.82, 2.24) is 25.5 Å². The lowest BCUT2D eigenvalue weighted by Crippen LogP contribution is -2.33. The van der Waals surface area contributed by atoms with Crippen molar-refractivity contribution in [2.45, 2.75) is 25.4 Å². The van der Waals surface area contributed by atoms with E-state index in [1.807, 2.05) is 19.1 Å². The number of aryl methyl sites for hydroxylation is 1. The lowest BCUT2D eigenvalue weighted by atomic mass is 9.99. The van der Waals surface area contributed by atoms with Crippen molar-refractivity contribution in [1.29, 1.82) is 0 Å². The maximum absolute atomic E-state index is 12.9. The molecule has 0 radical (unpaired) electrons. The van der Waals surface area contributed by atoms with Crippen LogP contribution in [0.25, 0.3) is 0 Å². The number of anilines is 1. The number of pyridine rings is 1. The molecule has 3 rings (SSSR count). The molecule has 0 amide bonds. The Kier molecular flexibility index (Phi) is 6.42. The highest BCUT2D eigenvalue weighted by atomic mass is 32.1. The number of benzene rings is 1. The largest absolute Gasteiger partial charge is 0.416 e. The minimum Gasteiger partial charge on any atom is -0.362 e. The summed E-state index contributed by atoms with van der Waals surface area (Å²) in [5.74, 6) is 1.24. The highest BCUT2D eigenvalue weighted by molar-refractivity contribution is 7.80. The molecule has 152 valence electrons. The molecular formula is C19H19F3N6S. The molecule has 0 aliphatic heterocycles. The van der Waals surface area contributed by atoms with E-state index in [1.54, 1.807) is 12.4 Å². The zero-order valence-electron chi connectivity index (χ0n) is 15.5. The Balaban J connectivity index is 1.65. The van der Waals surface area contributed by atoms with E-state index < -0.39 is 11.7 Å². The number of hydrogen-bond donors (Lipinski definition) is 3. The molecule has 0 fully saturated rings. The van der Waals surface area contributed by atoms with Crippen LogP contribution < -0.4 is 10.6 Å². The van der Waals surface area contributed by atoms with Crippen molar-refractivity contribution in [3.8, 4) is 0 Å². The smallest absolute Gasteiger partial charge is 0.362 e. The third-order valence-corrected chi connectivity index (χ3v) is 4.41. The van der Waals surface area contributed by atoms with Crippen molar-refractivity contribution in [2.75, 3.05) is 11.9 Å². The fourth-order valence-electron chi connectivity index (χ4n) is 2.77. The van der Waals surface area contributed by atoms with Gasteiger partial charge in [0.1, 0.15) is 5.82 Å². The van der Waals surface area contributed by atoms with E-state index in [4.69, 9.17) is 12.2 Å². The molecule has 0 bridgehead atoms. The molecule has 3 N–H and O–H groups in total. The summed E-state index contributed by atoms with van der Waals surface area (Å²) >= 11 is 5.25. The Hall–Kier alpha value is -3.01. The van der Waals surface area contributed by atoms with Gasteiger partial charge in [0, 0.05) is 30.5 Å². The van der Waals surface area contributed by atoms with Gasteiger partial charge in [-0.1, -0.05) is 6.07 Å². The van der Waals surface area contributed by atoms with Gasteiger partial charge in [0.05, 0.1) is 5.56 Å². The van der Waals surface area contributed by atoms with E-state index >= 15 is 0 Å². The topological polar surface area (TPSA) is 78.5 Å². The van der Waals surface area contributed by atoms with Gasteiger partial charge < -0.3 is 10.6 Å². The second-order valence-electron chi connectivity index (χ2n) is 6.45. The molecule has 1 atom stereocenters. The molecule has 3 aromatic rings. The first kappa shape index (κ1) is 20.7. The highest BCUT2D eigenvalue weighted by Gasteiger charge is 2.30. The second kappa shape index (κ2) is 8.99. The molecule has 0 spiro atoms. The zero-order chi connectivity index (χ0) is 20.9. The molecular weight excluding hydrogens is 401 g/mol. The Labute approximate surface area is 171 Å². The lowest BCUT2D eigenvalue weighted by molar-refractivity contribution is -0.137. The van der Waals surface area contributed by atoms with Crippen molar-refractivity contribution < 1.29 is 13.2 Å². The number of thiocarbonyl (C=S) groups is 1. The molecule has 6 nitrogen and oxygen atoms in total. The van der Waals surface area contributed by atoms with Crippen LogP contribution in [0.15, 0.2) is 48.8 Å². The Morgan fingerprint density at radius 1 is 1.21 bits per heavy atom. The summed E-state index contributed by atoms with van der Waals surface area (Å²) in [5.41, 5.74) is 0.583. The number of aromatic nitrogens is 4. The van der Waals surface area contributed by atoms with E-state index in [9.17, 15) is 13.2 Å². The average molecular weight is 420 g/mol. The van der Waals surface area contributed by atoms with E-state index in [0.717, 1.165) is 17.7 Å². The van der Waals surface area contributed by atoms with Gasteiger partial charge in [0.25, 0.3) is 0 Å². The van der Waals surface area contributed by atoms with Gasteiger partial charge in [-0.25, -0.2) is 4.98 Å². The van der Waals surface area contributed by atoms with Crippen LogP contribution in [-0.2, 0) is 12.6 Å². The Bertz CT molecular complexity index is 958. The van der Waals surface area contributed by atoms with Gasteiger partial charge in [0.15, 0.2) is 10.9 Å². The average Bonchev–Trinajstić information content (AvgIpc) is 3.12. The summed E-state index contributed by atoms with van der Waals surface area (Å²) in [7, 11) is 0. The quantitative estimate of drug-likeness (QED) is 0.526. The molecule has 0 aliphatic carbocycles. The molecule has 29 heavy (non-hydrogen) atoms. The van der Waals surface area contributed by atoms with Crippen molar-refractivity contribution in [3.63, 3.8) is 0 Å². The number of alkyl halides is 3. The van der Waals surface area contributed by atoms with Crippen LogP contribution in [0.5, 0.6) is 0 Å². The van der Waals surface area contributed by atoms with Crippen LogP contribution in [0.3, 0.4) is 0 Å². The Morgan fingerprint density at radius 2 is 1.97 bits per heavy atom. The van der Waals surface area contributed by atoms with E-state index in [1.165, 1.54) is 12.1 Å². The van der Waals surface area contributed by atoms with Gasteiger partial charge >= 0.3 is 6.18 Å². The third-order valence-electron chi connectivity index (χ3n) is 4.17. The van der Waals surface area contributed by atoms with Crippen molar-refractivity contribution in [3.05, 3.63) is 71.6 Å². The highest BCUT2D eigenvalue weighted by Crippen LogP contribution is 2.30. The summed E-state index contributed by atoms with van der Waals surface area (Å²) < 4.78 is 38.6. The number of nitrogens with zero attached hydrogens (tertiary/aromatic N) is 3. The fraction of sp³-hybridized carbons (Fsp3) is 0.263. The summed E-state index contributed by atoms with van der Waals surface area (Å²) in [6.45, 7) is 2.22. The zero-order valence-corrected chi connectivity index (χ0v) is 16.3. The maximum Gasteiger partial charge on any atom is 0.416 e. The maximum atomic E-state index is 12.9. The number of aromatic amines is 1. The van der Waals surface area contributed by atoms with Crippen LogP contribution in [0.2, 0.25) is 0 Å². The van der Waals surface area contributed by atoms with Gasteiger partial charge in [-0.05, 0) is 61.5 Å². The molecule has 0 unspecified atom stereocenters. The van der Waals surface area contributed by atoms with E-state index in [-0.39, 0.29) is 16.7 Å². The number of hydrogen-bond acceptors (Lipinski definition) is 4. The number of nitrogens with one attached hydrogen (secondary N) is 3. The molecule has 1 aromatic carbocycles. The molecule has 2 aromatic heterocycles. The molecule has 0 saturated heterocycles. The first-order valence-corrected chi connectivity index (χ1v) is 9.22. The summed E-state index contributed by atoms with van der Waals surface area (Å²) in [4.78, 5) is 8.41. The normalized spacial score (nSPS) is 12.4. The second-order valence-corrected chi connectivity index (χ2v) is 6.86. The number of H-pyrrole nitrogens is 1. The van der Waals surface area contributed by atoms with Crippen molar-refractivity contribution >= 4 is 23.0 Å². The van der Waals surface area contributed by atoms with Gasteiger partial charge in [0.2, 0.25) is 0 Å². The molecule has 10 heteroatoms. The minimum absolute atomic E-state index is 0.0939. The van der Waals surface area contributed by atoms with Gasteiger partial charge in [-0.2, -0.15) is 18.3 Å².